The molecule has 6 nitrogen and oxygen atoms in total. The second-order valence-electron chi connectivity index (χ2n) is 9.51. The molecule has 0 aliphatic heterocycles. The summed E-state index contributed by atoms with van der Waals surface area (Å²) in [6, 6.07) is 15.2. The molecule has 1 aliphatic carbocycles. The van der Waals surface area contributed by atoms with Crippen molar-refractivity contribution < 1.29 is 27.8 Å². The molecule has 37 heavy (non-hydrogen) atoms. The normalized spacial score (nSPS) is 18.2. The van der Waals surface area contributed by atoms with Gasteiger partial charge in [-0.15, -0.1) is 0 Å². The molecule has 2 aromatic heterocycles. The van der Waals surface area contributed by atoms with Crippen LogP contribution in [-0.4, -0.2) is 33.1 Å². The van der Waals surface area contributed by atoms with Crippen molar-refractivity contribution in [3.63, 3.8) is 0 Å². The monoisotopic (exact) mass is 509 g/mol. The number of carbonyl (C=O) groups is 1. The van der Waals surface area contributed by atoms with Crippen LogP contribution in [0.4, 0.5) is 13.2 Å². The average molecular weight is 510 g/mol. The number of hydrogen-bond acceptors (Lipinski definition) is 4. The highest BCUT2D eigenvalue weighted by Crippen LogP contribution is 2.40. The van der Waals surface area contributed by atoms with Crippen LogP contribution in [0.1, 0.15) is 49.1 Å². The second kappa shape index (κ2) is 9.88. The molecule has 5 rings (SSSR count). The van der Waals surface area contributed by atoms with Gasteiger partial charge in [0.2, 0.25) is 5.88 Å². The van der Waals surface area contributed by atoms with Crippen molar-refractivity contribution in [1.82, 2.24) is 15.0 Å². The zero-order chi connectivity index (χ0) is 26.2. The van der Waals surface area contributed by atoms with Crippen molar-refractivity contribution in [2.75, 3.05) is 7.11 Å². The molecule has 1 fully saturated rings. The molecule has 4 aromatic rings. The van der Waals surface area contributed by atoms with Gasteiger partial charge < -0.3 is 14.8 Å². The first-order valence-corrected chi connectivity index (χ1v) is 12.2. The number of alkyl halides is 3. The maximum absolute atomic E-state index is 14.1. The molecule has 0 spiro atoms. The number of halogens is 3. The van der Waals surface area contributed by atoms with E-state index in [0.29, 0.717) is 28.4 Å². The third-order valence-electron chi connectivity index (χ3n) is 7.14. The van der Waals surface area contributed by atoms with Crippen LogP contribution in [0.25, 0.3) is 33.7 Å². The maximum Gasteiger partial charge on any atom is 0.417 e. The molecule has 0 bridgehead atoms. The summed E-state index contributed by atoms with van der Waals surface area (Å²) >= 11 is 0. The van der Waals surface area contributed by atoms with Gasteiger partial charge in [-0.2, -0.15) is 18.2 Å². The molecule has 192 valence electrons. The van der Waals surface area contributed by atoms with E-state index in [4.69, 9.17) is 9.84 Å². The van der Waals surface area contributed by atoms with Crippen molar-refractivity contribution in [2.24, 2.45) is 5.92 Å². The highest BCUT2D eigenvalue weighted by atomic mass is 19.4. The molecule has 0 saturated heterocycles. The lowest BCUT2D eigenvalue weighted by atomic mass is 9.77. The van der Waals surface area contributed by atoms with E-state index in [1.54, 1.807) is 18.2 Å². The summed E-state index contributed by atoms with van der Waals surface area (Å²) in [5.74, 6) is 0.218. The van der Waals surface area contributed by atoms with Crippen LogP contribution in [-0.2, 0) is 11.0 Å². The number of methoxy groups -OCH3 is 1. The number of aliphatic carboxylic acids is 1. The Morgan fingerprint density at radius 3 is 2.35 bits per heavy atom. The van der Waals surface area contributed by atoms with Crippen LogP contribution in [0.3, 0.4) is 0 Å². The van der Waals surface area contributed by atoms with E-state index in [0.717, 1.165) is 37.3 Å². The van der Waals surface area contributed by atoms with Gasteiger partial charge in [0, 0.05) is 18.1 Å². The SMILES string of the molecule is COc1ccc2[nH]c(-c3ccc(-c4ccc(C5CCC(CC(=O)O)CC5)cc4)cc3C(F)(F)F)nc2n1. The van der Waals surface area contributed by atoms with Gasteiger partial charge in [0.15, 0.2) is 5.65 Å². The van der Waals surface area contributed by atoms with Gasteiger partial charge in [-0.1, -0.05) is 36.4 Å². The third kappa shape index (κ3) is 5.30. The Bertz CT molecular complexity index is 1420. The van der Waals surface area contributed by atoms with E-state index in [2.05, 4.69) is 15.0 Å². The first kappa shape index (κ1) is 24.8. The number of fused-ring (bicyclic) bond motifs is 1. The zero-order valence-corrected chi connectivity index (χ0v) is 20.2. The minimum absolute atomic E-state index is 0.0528. The Kier molecular flexibility index (Phi) is 6.62. The van der Waals surface area contributed by atoms with Crippen molar-refractivity contribution >= 4 is 17.1 Å². The smallest absolute Gasteiger partial charge is 0.417 e. The molecule has 1 saturated carbocycles. The van der Waals surface area contributed by atoms with E-state index in [1.807, 2.05) is 24.3 Å². The van der Waals surface area contributed by atoms with E-state index in [9.17, 15) is 18.0 Å². The number of nitrogens with zero attached hydrogens (tertiary/aromatic N) is 2. The molecular weight excluding hydrogens is 483 g/mol. The number of rotatable bonds is 6. The molecule has 2 N–H and O–H groups in total. The predicted octanol–water partition coefficient (Wildman–Crippen LogP) is 7.07. The fourth-order valence-corrected chi connectivity index (χ4v) is 5.18. The van der Waals surface area contributed by atoms with Gasteiger partial charge in [0.1, 0.15) is 5.82 Å². The first-order valence-electron chi connectivity index (χ1n) is 12.2. The van der Waals surface area contributed by atoms with Gasteiger partial charge in [-0.05, 0) is 66.3 Å². The highest BCUT2D eigenvalue weighted by Gasteiger charge is 2.35. The Labute approximate surface area is 211 Å². The van der Waals surface area contributed by atoms with Crippen LogP contribution >= 0.6 is 0 Å². The van der Waals surface area contributed by atoms with Gasteiger partial charge in [0.25, 0.3) is 0 Å². The quantitative estimate of drug-likeness (QED) is 0.290. The zero-order valence-electron chi connectivity index (χ0n) is 20.2. The summed E-state index contributed by atoms with van der Waals surface area (Å²) in [6.07, 6.45) is -0.783. The minimum atomic E-state index is -4.58. The number of hydrogen-bond donors (Lipinski definition) is 2. The standard InChI is InChI=1S/C28H26F3N3O3/c1-37-24-13-12-23-27(33-24)34-26(32-23)21-11-10-20(15-22(21)28(29,30)31)19-8-6-18(7-9-19)17-4-2-16(3-5-17)14-25(35)36/h6-13,15-17H,2-5,14H2,1H3,(H,35,36)(H,32,33,34). The summed E-state index contributed by atoms with van der Waals surface area (Å²) in [5.41, 5.74) is 2.25. The Hall–Kier alpha value is -3.88. The highest BCUT2D eigenvalue weighted by molar-refractivity contribution is 5.79. The largest absolute Gasteiger partial charge is 0.481 e. The number of H-pyrrole nitrogens is 1. The van der Waals surface area contributed by atoms with E-state index in [1.165, 1.54) is 13.2 Å². The van der Waals surface area contributed by atoms with Gasteiger partial charge in [-0.25, -0.2) is 4.98 Å². The van der Waals surface area contributed by atoms with Gasteiger partial charge in [-0.3, -0.25) is 4.79 Å². The third-order valence-corrected chi connectivity index (χ3v) is 7.14. The summed E-state index contributed by atoms with van der Waals surface area (Å²) in [4.78, 5) is 22.4. The lowest BCUT2D eigenvalue weighted by Crippen LogP contribution is -2.16. The van der Waals surface area contributed by atoms with Crippen molar-refractivity contribution in [2.45, 2.75) is 44.2 Å². The average Bonchev–Trinajstić information content (AvgIpc) is 3.31. The number of aromatic amines is 1. The van der Waals surface area contributed by atoms with Crippen molar-refractivity contribution in [1.29, 1.82) is 0 Å². The summed E-state index contributed by atoms with van der Waals surface area (Å²) in [5, 5.41) is 9.01. The molecular formula is C28H26F3N3O3. The van der Waals surface area contributed by atoms with E-state index < -0.39 is 17.7 Å². The number of benzene rings is 2. The number of imidazole rings is 1. The molecule has 2 aromatic carbocycles. The lowest BCUT2D eigenvalue weighted by molar-refractivity contribution is -0.138. The molecule has 0 radical (unpaired) electrons. The van der Waals surface area contributed by atoms with E-state index in [-0.39, 0.29) is 29.4 Å². The van der Waals surface area contributed by atoms with Crippen LogP contribution in [0, 0.1) is 5.92 Å². The Morgan fingerprint density at radius 2 is 1.70 bits per heavy atom. The first-order chi connectivity index (χ1) is 17.7. The number of carboxylic acids is 1. The number of pyridine rings is 1. The molecule has 0 unspecified atom stereocenters. The molecule has 2 heterocycles. The molecule has 0 amide bonds. The number of aromatic nitrogens is 3. The Morgan fingerprint density at radius 1 is 1.00 bits per heavy atom. The van der Waals surface area contributed by atoms with Gasteiger partial charge in [0.05, 0.1) is 18.2 Å². The molecule has 0 atom stereocenters. The van der Waals surface area contributed by atoms with Crippen LogP contribution < -0.4 is 4.74 Å². The lowest BCUT2D eigenvalue weighted by Gasteiger charge is -2.28. The van der Waals surface area contributed by atoms with Crippen molar-refractivity contribution in [3.8, 4) is 28.4 Å². The van der Waals surface area contributed by atoms with Crippen LogP contribution in [0.2, 0.25) is 0 Å². The maximum atomic E-state index is 14.1. The summed E-state index contributed by atoms with van der Waals surface area (Å²) in [6.45, 7) is 0. The number of nitrogens with one attached hydrogen (secondary N) is 1. The fraction of sp³-hybridized carbons (Fsp3) is 0.321. The Balaban J connectivity index is 1.40. The van der Waals surface area contributed by atoms with E-state index >= 15 is 0 Å². The number of carboxylic acid groups (broad SMARTS) is 1. The topological polar surface area (TPSA) is 88.1 Å². The minimum Gasteiger partial charge on any atom is -0.481 e. The molecule has 9 heteroatoms. The number of ether oxygens (including phenoxy) is 1. The van der Waals surface area contributed by atoms with Gasteiger partial charge >= 0.3 is 12.1 Å². The second-order valence-corrected chi connectivity index (χ2v) is 9.51. The molecule has 1 aliphatic rings. The van der Waals surface area contributed by atoms with Crippen LogP contribution in [0.15, 0.2) is 54.6 Å². The fourth-order valence-electron chi connectivity index (χ4n) is 5.18. The van der Waals surface area contributed by atoms with Crippen molar-refractivity contribution in [3.05, 3.63) is 65.7 Å². The van der Waals surface area contributed by atoms with Crippen LogP contribution in [0.5, 0.6) is 5.88 Å². The summed E-state index contributed by atoms with van der Waals surface area (Å²) in [7, 11) is 1.46. The predicted molar refractivity (Wildman–Crippen MR) is 133 cm³/mol. The summed E-state index contributed by atoms with van der Waals surface area (Å²) < 4.78 is 47.4.